The molecule has 1 aromatic rings. The first-order chi connectivity index (χ1) is 10.9. The van der Waals surface area contributed by atoms with Gasteiger partial charge in [0.25, 0.3) is 0 Å². The van der Waals surface area contributed by atoms with Crippen LogP contribution < -0.4 is 0 Å². The number of allylic oxidation sites excluding steroid dienone is 5. The van der Waals surface area contributed by atoms with Crippen molar-refractivity contribution in [1.29, 1.82) is 0 Å². The van der Waals surface area contributed by atoms with Crippen molar-refractivity contribution in [2.75, 3.05) is 0 Å². The second-order valence-electron chi connectivity index (χ2n) is 6.43. The van der Waals surface area contributed by atoms with E-state index in [1.807, 2.05) is 13.0 Å². The van der Waals surface area contributed by atoms with Gasteiger partial charge in [0.15, 0.2) is 11.6 Å². The number of furan rings is 1. The zero-order valence-electron chi connectivity index (χ0n) is 13.3. The van der Waals surface area contributed by atoms with Crippen LogP contribution in [0.1, 0.15) is 37.7 Å². The number of hydrogen-bond donors (Lipinski definition) is 1. The number of aliphatic hydroxyl groups excluding tert-OH is 1. The Balaban J connectivity index is 2.19. The smallest absolute Gasteiger partial charge is 0.163 e. The van der Waals surface area contributed by atoms with Crippen LogP contribution in [0.2, 0.25) is 0 Å². The molecule has 4 heteroatoms. The van der Waals surface area contributed by atoms with Gasteiger partial charge in [0.1, 0.15) is 18.1 Å². The number of Topliss-reactive ketones (excluding diaryl/α,β-unsaturated/α-hetero) is 1. The van der Waals surface area contributed by atoms with Gasteiger partial charge in [-0.05, 0) is 42.7 Å². The fraction of sp³-hybridized carbons (Fsp3) is 0.368. The lowest BCUT2D eigenvalue weighted by Crippen LogP contribution is -2.49. The standard InChI is InChI=1S/C19H20O4/c1-4-12-5-7-14-18(22)11(2)9-16(21)19(14,3)17(12)15-8-6-13(10-20)23-15/h4-6,8-9,14,17,20H,1,7,10H2,2-3H3. The molecule has 4 nitrogen and oxygen atoms in total. The second kappa shape index (κ2) is 5.46. The van der Waals surface area contributed by atoms with Crippen LogP contribution >= 0.6 is 0 Å². The van der Waals surface area contributed by atoms with Gasteiger partial charge in [-0.1, -0.05) is 25.7 Å². The van der Waals surface area contributed by atoms with Gasteiger partial charge < -0.3 is 9.52 Å². The van der Waals surface area contributed by atoms with Gasteiger partial charge in [-0.15, -0.1) is 0 Å². The van der Waals surface area contributed by atoms with E-state index in [9.17, 15) is 14.7 Å². The minimum Gasteiger partial charge on any atom is -0.463 e. The highest BCUT2D eigenvalue weighted by Crippen LogP contribution is 2.54. The molecule has 2 aliphatic rings. The van der Waals surface area contributed by atoms with E-state index in [4.69, 9.17) is 4.42 Å². The number of ketones is 2. The van der Waals surface area contributed by atoms with E-state index in [-0.39, 0.29) is 24.1 Å². The molecule has 0 amide bonds. The minimum atomic E-state index is -0.889. The lowest BCUT2D eigenvalue weighted by atomic mass is 9.54. The zero-order chi connectivity index (χ0) is 16.8. The molecule has 2 aliphatic carbocycles. The summed E-state index contributed by atoms with van der Waals surface area (Å²) in [4.78, 5) is 25.4. The molecule has 120 valence electrons. The quantitative estimate of drug-likeness (QED) is 0.931. The van der Waals surface area contributed by atoms with Crippen molar-refractivity contribution in [2.45, 2.75) is 32.8 Å². The zero-order valence-corrected chi connectivity index (χ0v) is 13.3. The van der Waals surface area contributed by atoms with Gasteiger partial charge in [0.2, 0.25) is 0 Å². The number of carbonyl (C=O) groups excluding carboxylic acids is 2. The Morgan fingerprint density at radius 3 is 2.78 bits per heavy atom. The fourth-order valence-corrected chi connectivity index (χ4v) is 3.85. The molecule has 1 N–H and O–H groups in total. The molecule has 3 rings (SSSR count). The maximum Gasteiger partial charge on any atom is 0.163 e. The van der Waals surface area contributed by atoms with Crippen LogP contribution in [0.25, 0.3) is 0 Å². The third-order valence-electron chi connectivity index (χ3n) is 5.19. The first-order valence-corrected chi connectivity index (χ1v) is 7.72. The summed E-state index contributed by atoms with van der Waals surface area (Å²) in [5.74, 6) is 0.220. The van der Waals surface area contributed by atoms with Gasteiger partial charge in [-0.25, -0.2) is 0 Å². The van der Waals surface area contributed by atoms with Crippen LogP contribution in [-0.4, -0.2) is 16.7 Å². The topological polar surface area (TPSA) is 67.5 Å². The molecule has 0 aromatic carbocycles. The molecular formula is C19H20O4. The Morgan fingerprint density at radius 2 is 2.17 bits per heavy atom. The van der Waals surface area contributed by atoms with E-state index in [0.29, 0.717) is 23.5 Å². The summed E-state index contributed by atoms with van der Waals surface area (Å²) < 4.78 is 5.71. The molecule has 0 spiro atoms. The van der Waals surface area contributed by atoms with Crippen molar-refractivity contribution in [3.63, 3.8) is 0 Å². The number of aliphatic hydroxyl groups is 1. The monoisotopic (exact) mass is 312 g/mol. The molecule has 23 heavy (non-hydrogen) atoms. The van der Waals surface area contributed by atoms with Crippen molar-refractivity contribution in [1.82, 2.24) is 0 Å². The third kappa shape index (κ3) is 2.17. The second-order valence-corrected chi connectivity index (χ2v) is 6.43. The predicted molar refractivity (Wildman–Crippen MR) is 85.6 cm³/mol. The maximum atomic E-state index is 12.8. The normalized spacial score (nSPS) is 30.6. The molecule has 0 fully saturated rings. The number of carbonyl (C=O) groups is 2. The van der Waals surface area contributed by atoms with Crippen LogP contribution in [0, 0.1) is 11.3 Å². The highest BCUT2D eigenvalue weighted by Gasteiger charge is 2.55. The van der Waals surface area contributed by atoms with Crippen LogP contribution in [0.4, 0.5) is 0 Å². The summed E-state index contributed by atoms with van der Waals surface area (Å²) in [6.07, 6.45) is 5.66. The average Bonchev–Trinajstić information content (AvgIpc) is 3.00. The van der Waals surface area contributed by atoms with E-state index in [0.717, 1.165) is 5.57 Å². The minimum absolute atomic E-state index is 0.0189. The first kappa shape index (κ1) is 15.7. The molecule has 0 aliphatic heterocycles. The molecule has 0 saturated heterocycles. The van der Waals surface area contributed by atoms with Crippen molar-refractivity contribution < 1.29 is 19.1 Å². The van der Waals surface area contributed by atoms with Crippen molar-refractivity contribution in [2.24, 2.45) is 11.3 Å². The van der Waals surface area contributed by atoms with Gasteiger partial charge in [0.05, 0.1) is 11.3 Å². The molecule has 0 bridgehead atoms. The molecule has 3 unspecified atom stereocenters. The summed E-state index contributed by atoms with van der Waals surface area (Å²) >= 11 is 0. The molecule has 1 heterocycles. The van der Waals surface area contributed by atoms with Crippen molar-refractivity contribution >= 4 is 11.6 Å². The highest BCUT2D eigenvalue weighted by atomic mass is 16.4. The molecule has 0 radical (unpaired) electrons. The summed E-state index contributed by atoms with van der Waals surface area (Å²) in [5.41, 5.74) is 0.512. The van der Waals surface area contributed by atoms with Gasteiger partial charge in [-0.3, -0.25) is 9.59 Å². The van der Waals surface area contributed by atoms with Crippen LogP contribution in [-0.2, 0) is 16.2 Å². The van der Waals surface area contributed by atoms with E-state index < -0.39 is 11.3 Å². The van der Waals surface area contributed by atoms with Gasteiger partial charge in [0, 0.05) is 5.92 Å². The predicted octanol–water partition coefficient (Wildman–Crippen LogP) is 3.09. The van der Waals surface area contributed by atoms with E-state index in [2.05, 4.69) is 6.58 Å². The lowest BCUT2D eigenvalue weighted by Gasteiger charge is -2.45. The summed E-state index contributed by atoms with van der Waals surface area (Å²) in [5, 5.41) is 9.24. The summed E-state index contributed by atoms with van der Waals surface area (Å²) in [6.45, 7) is 7.17. The Hall–Kier alpha value is -2.20. The Morgan fingerprint density at radius 1 is 1.43 bits per heavy atom. The molecule has 1 aromatic heterocycles. The summed E-state index contributed by atoms with van der Waals surface area (Å²) in [6, 6.07) is 3.46. The largest absolute Gasteiger partial charge is 0.463 e. The Bertz CT molecular complexity index is 749. The van der Waals surface area contributed by atoms with Gasteiger partial charge >= 0.3 is 0 Å². The molecular weight excluding hydrogens is 292 g/mol. The van der Waals surface area contributed by atoms with Gasteiger partial charge in [-0.2, -0.15) is 0 Å². The van der Waals surface area contributed by atoms with Crippen molar-refractivity contribution in [3.8, 4) is 0 Å². The van der Waals surface area contributed by atoms with Crippen molar-refractivity contribution in [3.05, 3.63) is 59.6 Å². The molecule has 0 saturated carbocycles. The SMILES string of the molecule is C=CC1=CCC2C(=O)C(C)=CC(=O)C2(C)C1c1ccc(CO)o1. The molecule has 3 atom stereocenters. The highest BCUT2D eigenvalue weighted by molar-refractivity contribution is 6.12. The first-order valence-electron chi connectivity index (χ1n) is 7.72. The lowest BCUT2D eigenvalue weighted by molar-refractivity contribution is -0.137. The van der Waals surface area contributed by atoms with E-state index >= 15 is 0 Å². The number of rotatable bonds is 3. The average molecular weight is 312 g/mol. The Labute approximate surface area is 135 Å². The number of fused-ring (bicyclic) bond motifs is 1. The van der Waals surface area contributed by atoms with E-state index in [1.54, 1.807) is 25.1 Å². The number of hydrogen-bond acceptors (Lipinski definition) is 4. The van der Waals surface area contributed by atoms with E-state index in [1.165, 1.54) is 6.08 Å². The maximum absolute atomic E-state index is 12.8. The van der Waals surface area contributed by atoms with Crippen LogP contribution in [0.15, 0.2) is 52.5 Å². The fourth-order valence-electron chi connectivity index (χ4n) is 3.85. The summed E-state index contributed by atoms with van der Waals surface area (Å²) in [7, 11) is 0. The Kier molecular flexibility index (Phi) is 3.72. The van der Waals surface area contributed by atoms with Crippen LogP contribution in [0.3, 0.4) is 0 Å². The third-order valence-corrected chi connectivity index (χ3v) is 5.19. The van der Waals surface area contributed by atoms with Crippen LogP contribution in [0.5, 0.6) is 0 Å².